The Hall–Kier alpha value is -0.870. The van der Waals surface area contributed by atoms with Crippen LogP contribution in [0.5, 0.6) is 0 Å². The zero-order chi connectivity index (χ0) is 12.5. The molecule has 1 aromatic rings. The molecule has 0 saturated heterocycles. The van der Waals surface area contributed by atoms with Gasteiger partial charge < -0.3 is 10.8 Å². The van der Waals surface area contributed by atoms with Crippen molar-refractivity contribution in [3.05, 3.63) is 34.3 Å². The van der Waals surface area contributed by atoms with Crippen LogP contribution in [0.15, 0.2) is 28.7 Å². The third-order valence-electron chi connectivity index (χ3n) is 3.85. The number of hydrogen-bond donors (Lipinski definition) is 2. The molecule has 0 radical (unpaired) electrons. The van der Waals surface area contributed by atoms with Crippen molar-refractivity contribution >= 4 is 21.9 Å². The van der Waals surface area contributed by atoms with Gasteiger partial charge in [0.1, 0.15) is 0 Å². The van der Waals surface area contributed by atoms with E-state index in [0.29, 0.717) is 6.54 Å². The molecule has 1 saturated carbocycles. The highest BCUT2D eigenvalue weighted by Crippen LogP contribution is 2.51. The van der Waals surface area contributed by atoms with Gasteiger partial charge in [0.2, 0.25) is 0 Å². The maximum atomic E-state index is 11.5. The largest absolute Gasteiger partial charge is 0.481 e. The Bertz CT molecular complexity index is 412. The highest BCUT2D eigenvalue weighted by molar-refractivity contribution is 9.10. The van der Waals surface area contributed by atoms with E-state index in [9.17, 15) is 9.90 Å². The number of nitrogens with two attached hydrogens (primary N) is 1. The van der Waals surface area contributed by atoms with Crippen LogP contribution in [-0.4, -0.2) is 17.6 Å². The first-order valence-electron chi connectivity index (χ1n) is 5.79. The Balaban J connectivity index is 2.32. The van der Waals surface area contributed by atoms with E-state index < -0.39 is 11.4 Å². The number of carboxylic acid groups (broad SMARTS) is 1. The Morgan fingerprint density at radius 3 is 2.35 bits per heavy atom. The van der Waals surface area contributed by atoms with Gasteiger partial charge in [-0.25, -0.2) is 0 Å². The third-order valence-corrected chi connectivity index (χ3v) is 4.38. The molecule has 0 amide bonds. The molecule has 2 rings (SSSR count). The van der Waals surface area contributed by atoms with Crippen molar-refractivity contribution in [2.75, 3.05) is 6.54 Å². The highest BCUT2D eigenvalue weighted by Gasteiger charge is 2.50. The first-order chi connectivity index (χ1) is 8.10. The van der Waals surface area contributed by atoms with Gasteiger partial charge in [-0.3, -0.25) is 4.79 Å². The predicted octanol–water partition coefficient (Wildman–Crippen LogP) is 2.75. The smallest absolute Gasteiger partial charge is 0.310 e. The number of rotatable bonds is 4. The number of hydrogen-bond acceptors (Lipinski definition) is 2. The molecule has 4 heteroatoms. The van der Waals surface area contributed by atoms with Crippen LogP contribution >= 0.6 is 15.9 Å². The summed E-state index contributed by atoms with van der Waals surface area (Å²) in [6.45, 7) is 0.383. The Morgan fingerprint density at radius 2 is 2.00 bits per heavy atom. The van der Waals surface area contributed by atoms with Crippen LogP contribution in [0.25, 0.3) is 0 Å². The van der Waals surface area contributed by atoms with Gasteiger partial charge in [0.05, 0.1) is 5.41 Å². The number of aliphatic carboxylic acids is 1. The lowest BCUT2D eigenvalue weighted by molar-refractivity contribution is -0.156. The van der Waals surface area contributed by atoms with E-state index in [1.165, 1.54) is 0 Å². The van der Waals surface area contributed by atoms with E-state index in [-0.39, 0.29) is 5.92 Å². The maximum absolute atomic E-state index is 11.5. The molecule has 1 fully saturated rings. The van der Waals surface area contributed by atoms with Crippen molar-refractivity contribution in [2.45, 2.75) is 25.2 Å². The van der Waals surface area contributed by atoms with Crippen molar-refractivity contribution in [2.24, 2.45) is 11.1 Å². The summed E-state index contributed by atoms with van der Waals surface area (Å²) in [7, 11) is 0. The second kappa shape index (κ2) is 4.78. The van der Waals surface area contributed by atoms with E-state index in [2.05, 4.69) is 15.9 Å². The Kier molecular flexibility index (Phi) is 3.54. The normalized spacial score (nSPS) is 19.4. The summed E-state index contributed by atoms with van der Waals surface area (Å²) in [4.78, 5) is 11.5. The fourth-order valence-corrected chi connectivity index (χ4v) is 2.91. The van der Waals surface area contributed by atoms with Gasteiger partial charge in [0.25, 0.3) is 0 Å². The molecule has 0 aromatic heterocycles. The van der Waals surface area contributed by atoms with Crippen molar-refractivity contribution in [3.63, 3.8) is 0 Å². The summed E-state index contributed by atoms with van der Waals surface area (Å²) in [5.41, 5.74) is 6.19. The molecule has 0 bridgehead atoms. The van der Waals surface area contributed by atoms with E-state index >= 15 is 0 Å². The SMILES string of the molecule is NCC(c1ccc(Br)cc1)C1(C(=O)O)CCC1. The number of halogens is 1. The van der Waals surface area contributed by atoms with Gasteiger partial charge in [-0.15, -0.1) is 0 Å². The van der Waals surface area contributed by atoms with Crippen LogP contribution in [0.1, 0.15) is 30.7 Å². The van der Waals surface area contributed by atoms with Gasteiger partial charge in [0, 0.05) is 16.9 Å². The topological polar surface area (TPSA) is 63.3 Å². The average Bonchev–Trinajstić information content (AvgIpc) is 2.24. The van der Waals surface area contributed by atoms with Crippen molar-refractivity contribution < 1.29 is 9.90 Å². The molecule has 3 N–H and O–H groups in total. The molecule has 92 valence electrons. The molecule has 0 aliphatic heterocycles. The van der Waals surface area contributed by atoms with E-state index in [0.717, 1.165) is 29.3 Å². The van der Waals surface area contributed by atoms with E-state index in [4.69, 9.17) is 5.73 Å². The average molecular weight is 298 g/mol. The molecule has 17 heavy (non-hydrogen) atoms. The van der Waals surface area contributed by atoms with Gasteiger partial charge in [-0.1, -0.05) is 34.5 Å². The molecule has 1 aromatic carbocycles. The monoisotopic (exact) mass is 297 g/mol. The fourth-order valence-electron chi connectivity index (χ4n) is 2.64. The summed E-state index contributed by atoms with van der Waals surface area (Å²) in [5, 5.41) is 9.44. The van der Waals surface area contributed by atoms with Crippen molar-refractivity contribution in [3.8, 4) is 0 Å². The lowest BCUT2D eigenvalue weighted by Crippen LogP contribution is -2.45. The summed E-state index contributed by atoms with van der Waals surface area (Å²) < 4.78 is 0.995. The van der Waals surface area contributed by atoms with E-state index in [1.807, 2.05) is 24.3 Å². The minimum Gasteiger partial charge on any atom is -0.481 e. The Morgan fingerprint density at radius 1 is 1.41 bits per heavy atom. The standard InChI is InChI=1S/C13H16BrNO2/c14-10-4-2-9(3-5-10)11(8-15)13(12(16)17)6-1-7-13/h2-5,11H,1,6-8,15H2,(H,16,17). The van der Waals surface area contributed by atoms with Crippen LogP contribution in [0.3, 0.4) is 0 Å². The minimum absolute atomic E-state index is 0.0816. The van der Waals surface area contributed by atoms with Gasteiger partial charge in [0.15, 0.2) is 0 Å². The van der Waals surface area contributed by atoms with Crippen LogP contribution in [0, 0.1) is 5.41 Å². The molecule has 1 aliphatic carbocycles. The lowest BCUT2D eigenvalue weighted by atomic mass is 9.59. The minimum atomic E-state index is -0.706. The molecule has 0 heterocycles. The molecule has 3 nitrogen and oxygen atoms in total. The zero-order valence-corrected chi connectivity index (χ0v) is 11.1. The highest BCUT2D eigenvalue weighted by atomic mass is 79.9. The summed E-state index contributed by atoms with van der Waals surface area (Å²) in [6, 6.07) is 7.80. The van der Waals surface area contributed by atoms with E-state index in [1.54, 1.807) is 0 Å². The molecule has 0 spiro atoms. The molecule has 1 aliphatic rings. The second-order valence-corrected chi connectivity index (χ2v) is 5.57. The molecule has 1 atom stereocenters. The summed E-state index contributed by atoms with van der Waals surface area (Å²) in [6.07, 6.45) is 2.46. The van der Waals surface area contributed by atoms with Gasteiger partial charge >= 0.3 is 5.97 Å². The third kappa shape index (κ3) is 2.11. The van der Waals surface area contributed by atoms with Crippen LogP contribution in [-0.2, 0) is 4.79 Å². The maximum Gasteiger partial charge on any atom is 0.310 e. The van der Waals surface area contributed by atoms with Crippen molar-refractivity contribution in [1.82, 2.24) is 0 Å². The zero-order valence-electron chi connectivity index (χ0n) is 9.53. The number of carbonyl (C=O) groups is 1. The lowest BCUT2D eigenvalue weighted by Gasteiger charge is -2.44. The van der Waals surface area contributed by atoms with Gasteiger partial charge in [-0.2, -0.15) is 0 Å². The van der Waals surface area contributed by atoms with Crippen LogP contribution in [0.2, 0.25) is 0 Å². The number of benzene rings is 1. The first-order valence-corrected chi connectivity index (χ1v) is 6.58. The molecular weight excluding hydrogens is 282 g/mol. The molecule has 1 unspecified atom stereocenters. The predicted molar refractivity (Wildman–Crippen MR) is 69.9 cm³/mol. The quantitative estimate of drug-likeness (QED) is 0.898. The Labute approximate surface area is 109 Å². The fraction of sp³-hybridized carbons (Fsp3) is 0.462. The van der Waals surface area contributed by atoms with Crippen molar-refractivity contribution in [1.29, 1.82) is 0 Å². The van der Waals surface area contributed by atoms with Crippen LogP contribution < -0.4 is 5.73 Å². The first kappa shape index (κ1) is 12.6. The van der Waals surface area contributed by atoms with Gasteiger partial charge in [-0.05, 0) is 30.5 Å². The summed E-state index contributed by atoms with van der Waals surface area (Å²) >= 11 is 3.38. The van der Waals surface area contributed by atoms with Crippen LogP contribution in [0.4, 0.5) is 0 Å². The summed E-state index contributed by atoms with van der Waals surface area (Å²) in [5.74, 6) is -0.788. The molecular formula is C13H16BrNO2. The number of carboxylic acids is 1. The second-order valence-electron chi connectivity index (χ2n) is 4.65.